The van der Waals surface area contributed by atoms with Crippen molar-refractivity contribution in [1.29, 1.82) is 0 Å². The molecule has 0 aliphatic carbocycles. The minimum Gasteiger partial charge on any atom is -0.265 e. The van der Waals surface area contributed by atoms with Crippen LogP contribution in [0.15, 0.2) is 42.9 Å². The van der Waals surface area contributed by atoms with Crippen molar-refractivity contribution < 1.29 is 8.42 Å². The summed E-state index contributed by atoms with van der Waals surface area (Å²) in [5.74, 6) is 0.00208. The number of pyridine rings is 2. The molecule has 0 aliphatic heterocycles. The van der Waals surface area contributed by atoms with E-state index in [-0.39, 0.29) is 5.75 Å². The van der Waals surface area contributed by atoms with Gasteiger partial charge < -0.3 is 0 Å². The van der Waals surface area contributed by atoms with E-state index in [4.69, 9.17) is 0 Å². The van der Waals surface area contributed by atoms with Crippen LogP contribution >= 0.6 is 0 Å². The van der Waals surface area contributed by atoms with Crippen molar-refractivity contribution in [1.82, 2.24) is 9.97 Å². The number of nitrogens with zero attached hydrogens (tertiary/aromatic N) is 2. The largest absolute Gasteiger partial charge is 0.265 e. The molecular weight excluding hydrogens is 248 g/mol. The Morgan fingerprint density at radius 3 is 2.50 bits per heavy atom. The smallest absolute Gasteiger partial charge is 0.151 e. The van der Waals surface area contributed by atoms with Gasteiger partial charge in [-0.1, -0.05) is 6.07 Å². The van der Waals surface area contributed by atoms with Gasteiger partial charge in [0.15, 0.2) is 9.84 Å². The predicted molar refractivity (Wildman–Crippen MR) is 70.3 cm³/mol. The highest BCUT2D eigenvalue weighted by Gasteiger charge is 2.09. The van der Waals surface area contributed by atoms with E-state index >= 15 is 0 Å². The van der Waals surface area contributed by atoms with Crippen molar-refractivity contribution in [2.45, 2.75) is 6.42 Å². The van der Waals surface area contributed by atoms with Gasteiger partial charge in [-0.25, -0.2) is 8.42 Å². The monoisotopic (exact) mass is 261 g/mol. The van der Waals surface area contributed by atoms with Crippen molar-refractivity contribution >= 4 is 9.84 Å². The molecule has 0 saturated heterocycles. The summed E-state index contributed by atoms with van der Waals surface area (Å²) >= 11 is 0. The Kier molecular flexibility index (Phi) is 3.72. The fourth-order valence-corrected chi connectivity index (χ4v) is 2.19. The molecular formula is C13H13N2O2S. The van der Waals surface area contributed by atoms with Crippen LogP contribution in [0.5, 0.6) is 0 Å². The standard InChI is InChI=1S/C13H13N2O2S/c1-18(16,17)10-6-13-12(3-2-7-15-13)11-4-8-14-9-5-11/h2-5,7-9H,1,6,10H2. The Hall–Kier alpha value is -1.75. The van der Waals surface area contributed by atoms with E-state index in [1.165, 1.54) is 0 Å². The summed E-state index contributed by atoms with van der Waals surface area (Å²) in [6, 6.07) is 7.50. The molecule has 0 N–H and O–H groups in total. The Balaban J connectivity index is 2.32. The van der Waals surface area contributed by atoms with E-state index < -0.39 is 9.84 Å². The van der Waals surface area contributed by atoms with Gasteiger partial charge in [0.1, 0.15) is 0 Å². The Morgan fingerprint density at radius 1 is 1.11 bits per heavy atom. The molecule has 18 heavy (non-hydrogen) atoms. The maximum Gasteiger partial charge on any atom is 0.151 e. The van der Waals surface area contributed by atoms with Gasteiger partial charge in [0, 0.05) is 36.3 Å². The zero-order valence-electron chi connectivity index (χ0n) is 9.78. The highest BCUT2D eigenvalue weighted by atomic mass is 32.2. The zero-order valence-corrected chi connectivity index (χ0v) is 10.6. The van der Waals surface area contributed by atoms with Crippen molar-refractivity contribution in [3.63, 3.8) is 0 Å². The van der Waals surface area contributed by atoms with Crippen molar-refractivity contribution in [2.75, 3.05) is 5.75 Å². The predicted octanol–water partition coefficient (Wildman–Crippen LogP) is 1.89. The molecule has 2 rings (SSSR count). The number of sulfone groups is 1. The van der Waals surface area contributed by atoms with Gasteiger partial charge in [-0.2, -0.15) is 0 Å². The highest BCUT2D eigenvalue weighted by molar-refractivity contribution is 7.92. The molecule has 0 bridgehead atoms. The SMILES string of the molecule is [CH2]S(=O)(=O)CCc1ncccc1-c1ccncc1. The molecule has 0 aromatic carbocycles. The average Bonchev–Trinajstić information content (AvgIpc) is 2.37. The average molecular weight is 261 g/mol. The van der Waals surface area contributed by atoms with Crippen LogP contribution in [0, 0.1) is 6.26 Å². The van der Waals surface area contributed by atoms with Crippen LogP contribution in [-0.4, -0.2) is 24.1 Å². The fourth-order valence-electron chi connectivity index (χ4n) is 1.68. The molecule has 0 fully saturated rings. The molecule has 0 unspecified atom stereocenters. The lowest BCUT2D eigenvalue weighted by Crippen LogP contribution is -2.06. The third-order valence-electron chi connectivity index (χ3n) is 2.53. The van der Waals surface area contributed by atoms with Gasteiger partial charge >= 0.3 is 0 Å². The molecule has 2 aromatic heterocycles. The lowest BCUT2D eigenvalue weighted by Gasteiger charge is -2.07. The number of aryl methyl sites for hydroxylation is 1. The fraction of sp³-hybridized carbons (Fsp3) is 0.154. The van der Waals surface area contributed by atoms with E-state index in [0.29, 0.717) is 6.42 Å². The molecule has 4 nitrogen and oxygen atoms in total. The van der Waals surface area contributed by atoms with Crippen LogP contribution in [-0.2, 0) is 16.3 Å². The summed E-state index contributed by atoms with van der Waals surface area (Å²) < 4.78 is 22.2. The number of hydrogen-bond donors (Lipinski definition) is 0. The first-order valence-electron chi connectivity index (χ1n) is 5.46. The zero-order chi connectivity index (χ0) is 13.0. The summed E-state index contributed by atoms with van der Waals surface area (Å²) in [6.07, 6.45) is 8.55. The molecule has 0 atom stereocenters. The third-order valence-corrected chi connectivity index (χ3v) is 3.36. The van der Waals surface area contributed by atoms with Gasteiger partial charge in [-0.05, 0) is 23.8 Å². The minimum atomic E-state index is -3.22. The van der Waals surface area contributed by atoms with Crippen molar-refractivity contribution in [2.24, 2.45) is 0 Å². The Bertz CT molecular complexity index is 624. The molecule has 5 heteroatoms. The number of hydrogen-bond acceptors (Lipinski definition) is 4. The first-order valence-corrected chi connectivity index (χ1v) is 7.28. The lowest BCUT2D eigenvalue weighted by molar-refractivity contribution is 0.603. The summed E-state index contributed by atoms with van der Waals surface area (Å²) in [5.41, 5.74) is 2.68. The lowest BCUT2D eigenvalue weighted by atomic mass is 10.0. The second-order valence-corrected chi connectivity index (χ2v) is 5.83. The van der Waals surface area contributed by atoms with E-state index in [9.17, 15) is 8.42 Å². The van der Waals surface area contributed by atoms with Gasteiger partial charge in [0.05, 0.1) is 12.0 Å². The maximum absolute atomic E-state index is 11.1. The van der Waals surface area contributed by atoms with E-state index in [1.54, 1.807) is 18.6 Å². The molecule has 0 saturated carbocycles. The Morgan fingerprint density at radius 2 is 1.83 bits per heavy atom. The van der Waals surface area contributed by atoms with Gasteiger partial charge in [0.25, 0.3) is 0 Å². The topological polar surface area (TPSA) is 59.9 Å². The Labute approximate surface area is 107 Å². The van der Waals surface area contributed by atoms with Crippen LogP contribution in [0.4, 0.5) is 0 Å². The van der Waals surface area contributed by atoms with E-state index in [2.05, 4.69) is 16.2 Å². The summed E-state index contributed by atoms with van der Waals surface area (Å²) in [7, 11) is -3.22. The first kappa shape index (κ1) is 12.7. The summed E-state index contributed by atoms with van der Waals surface area (Å²) in [6.45, 7) is 0. The van der Waals surface area contributed by atoms with Crippen LogP contribution in [0.2, 0.25) is 0 Å². The normalized spacial score (nSPS) is 11.4. The van der Waals surface area contributed by atoms with Gasteiger partial charge in [-0.3, -0.25) is 9.97 Å². The quantitative estimate of drug-likeness (QED) is 0.843. The first-order chi connectivity index (χ1) is 8.56. The third kappa shape index (κ3) is 3.37. The minimum absolute atomic E-state index is 0.00208. The van der Waals surface area contributed by atoms with Gasteiger partial charge in [-0.15, -0.1) is 0 Å². The van der Waals surface area contributed by atoms with Crippen LogP contribution in [0.1, 0.15) is 5.69 Å². The molecule has 2 heterocycles. The van der Waals surface area contributed by atoms with Crippen molar-refractivity contribution in [3.05, 3.63) is 54.8 Å². The van der Waals surface area contributed by atoms with Crippen LogP contribution in [0.25, 0.3) is 11.1 Å². The molecule has 93 valence electrons. The molecule has 1 radical (unpaired) electrons. The molecule has 0 aliphatic rings. The highest BCUT2D eigenvalue weighted by Crippen LogP contribution is 2.21. The van der Waals surface area contributed by atoms with Crippen molar-refractivity contribution in [3.8, 4) is 11.1 Å². The number of aromatic nitrogens is 2. The summed E-state index contributed by atoms with van der Waals surface area (Å²) in [4.78, 5) is 8.21. The second kappa shape index (κ2) is 5.27. The van der Waals surface area contributed by atoms with Gasteiger partial charge in [0.2, 0.25) is 0 Å². The van der Waals surface area contributed by atoms with E-state index in [1.807, 2.05) is 24.3 Å². The molecule has 2 aromatic rings. The maximum atomic E-state index is 11.1. The molecule has 0 amide bonds. The molecule has 0 spiro atoms. The van der Waals surface area contributed by atoms with E-state index in [0.717, 1.165) is 16.8 Å². The number of rotatable bonds is 4. The second-order valence-electron chi connectivity index (χ2n) is 3.93. The van der Waals surface area contributed by atoms with Crippen LogP contribution < -0.4 is 0 Å². The van der Waals surface area contributed by atoms with Crippen LogP contribution in [0.3, 0.4) is 0 Å². The summed E-state index contributed by atoms with van der Waals surface area (Å²) in [5, 5.41) is 0.